The minimum atomic E-state index is -0.521. The van der Waals surface area contributed by atoms with Crippen LogP contribution in [0.3, 0.4) is 0 Å². The van der Waals surface area contributed by atoms with Crippen molar-refractivity contribution in [2.24, 2.45) is 4.99 Å². The molecule has 0 aromatic heterocycles. The summed E-state index contributed by atoms with van der Waals surface area (Å²) in [6.07, 6.45) is 1.58. The molecule has 3 rings (SSSR count). The van der Waals surface area contributed by atoms with Gasteiger partial charge in [-0.3, -0.25) is 0 Å². The lowest BCUT2D eigenvalue weighted by Crippen LogP contribution is -2.05. The number of benzene rings is 2. The molecule has 1 aliphatic heterocycles. The molecule has 0 atom stereocenters. The number of halogens is 1. The fourth-order valence-corrected chi connectivity index (χ4v) is 2.50. The van der Waals surface area contributed by atoms with Crippen LogP contribution >= 0.6 is 15.9 Å². The van der Waals surface area contributed by atoms with E-state index in [0.717, 1.165) is 4.47 Å². The minimum Gasteiger partial charge on any atom is -0.504 e. The Morgan fingerprint density at radius 3 is 2.83 bits per heavy atom. The molecule has 0 aliphatic carbocycles. The molecular weight excluding hydrogens is 362 g/mol. The largest absolute Gasteiger partial charge is 0.504 e. The Kier molecular flexibility index (Phi) is 4.16. The number of phenolic OH excluding ortho intramolecular Hbond substituents is 1. The van der Waals surface area contributed by atoms with Gasteiger partial charge in [0.1, 0.15) is 0 Å². The number of phenols is 1. The Bertz CT molecular complexity index is 842. The van der Waals surface area contributed by atoms with Gasteiger partial charge in [-0.05, 0) is 42.0 Å². The summed E-state index contributed by atoms with van der Waals surface area (Å²) in [6.45, 7) is 0. The Morgan fingerprint density at radius 1 is 1.26 bits per heavy atom. The third kappa shape index (κ3) is 3.27. The van der Waals surface area contributed by atoms with Gasteiger partial charge in [0.25, 0.3) is 0 Å². The molecule has 116 valence electrons. The molecule has 0 fully saturated rings. The van der Waals surface area contributed by atoms with Crippen LogP contribution < -0.4 is 4.74 Å². The van der Waals surface area contributed by atoms with Crippen LogP contribution in [0, 0.1) is 0 Å². The van der Waals surface area contributed by atoms with Crippen LogP contribution in [0.5, 0.6) is 11.5 Å². The van der Waals surface area contributed by atoms with Crippen LogP contribution in [0.2, 0.25) is 0 Å². The van der Waals surface area contributed by atoms with Gasteiger partial charge < -0.3 is 14.6 Å². The molecule has 1 aliphatic rings. The number of esters is 1. The average Bonchev–Trinajstić information content (AvgIpc) is 2.90. The SMILES string of the molecule is COc1cc(/C=C2\N=C(c3cccc(Br)c3)OC2=O)ccc1O. The third-order valence-corrected chi connectivity index (χ3v) is 3.69. The topological polar surface area (TPSA) is 68.1 Å². The van der Waals surface area contributed by atoms with Gasteiger partial charge in [-0.25, -0.2) is 9.79 Å². The van der Waals surface area contributed by atoms with Crippen molar-refractivity contribution in [2.75, 3.05) is 7.11 Å². The third-order valence-electron chi connectivity index (χ3n) is 3.20. The van der Waals surface area contributed by atoms with Crippen molar-refractivity contribution >= 4 is 33.9 Å². The van der Waals surface area contributed by atoms with Crippen LogP contribution in [0.15, 0.2) is 57.6 Å². The van der Waals surface area contributed by atoms with E-state index in [0.29, 0.717) is 16.9 Å². The van der Waals surface area contributed by atoms with E-state index in [1.807, 2.05) is 24.3 Å². The molecule has 2 aromatic rings. The van der Waals surface area contributed by atoms with E-state index < -0.39 is 5.97 Å². The Labute approximate surface area is 141 Å². The lowest BCUT2D eigenvalue weighted by molar-refractivity contribution is -0.129. The van der Waals surface area contributed by atoms with Crippen LogP contribution in [0.25, 0.3) is 6.08 Å². The van der Waals surface area contributed by atoms with Crippen molar-refractivity contribution in [1.82, 2.24) is 0 Å². The van der Waals surface area contributed by atoms with E-state index in [1.54, 1.807) is 18.2 Å². The number of aromatic hydroxyl groups is 1. The van der Waals surface area contributed by atoms with Gasteiger partial charge in [0.05, 0.1) is 7.11 Å². The van der Waals surface area contributed by atoms with Gasteiger partial charge in [0.15, 0.2) is 17.2 Å². The van der Waals surface area contributed by atoms with E-state index >= 15 is 0 Å². The highest BCUT2D eigenvalue weighted by atomic mass is 79.9. The first-order valence-electron chi connectivity index (χ1n) is 6.72. The first-order chi connectivity index (χ1) is 11.1. The summed E-state index contributed by atoms with van der Waals surface area (Å²) in [7, 11) is 1.46. The van der Waals surface area contributed by atoms with E-state index in [9.17, 15) is 9.90 Å². The number of hydrogen-bond acceptors (Lipinski definition) is 5. The predicted molar refractivity (Wildman–Crippen MR) is 89.4 cm³/mol. The van der Waals surface area contributed by atoms with Crippen molar-refractivity contribution in [3.63, 3.8) is 0 Å². The van der Waals surface area contributed by atoms with Gasteiger partial charge in [0.2, 0.25) is 5.90 Å². The summed E-state index contributed by atoms with van der Waals surface area (Å²) in [5, 5.41) is 9.60. The monoisotopic (exact) mass is 373 g/mol. The summed E-state index contributed by atoms with van der Waals surface area (Å²) in [6, 6.07) is 12.1. The Balaban J connectivity index is 1.95. The number of ether oxygens (including phenoxy) is 2. The van der Waals surface area contributed by atoms with Crippen molar-refractivity contribution in [3.8, 4) is 11.5 Å². The Hall–Kier alpha value is -2.60. The zero-order valence-corrected chi connectivity index (χ0v) is 13.7. The summed E-state index contributed by atoms with van der Waals surface area (Å²) in [4.78, 5) is 16.2. The molecule has 0 saturated carbocycles. The lowest BCUT2D eigenvalue weighted by atomic mass is 10.1. The van der Waals surface area contributed by atoms with Gasteiger partial charge in [-0.15, -0.1) is 0 Å². The van der Waals surface area contributed by atoms with Crippen molar-refractivity contribution in [1.29, 1.82) is 0 Å². The second-order valence-electron chi connectivity index (χ2n) is 4.78. The first-order valence-corrected chi connectivity index (χ1v) is 7.51. The molecule has 0 unspecified atom stereocenters. The van der Waals surface area contributed by atoms with E-state index in [4.69, 9.17) is 9.47 Å². The molecule has 1 N–H and O–H groups in total. The fraction of sp³-hybridized carbons (Fsp3) is 0.0588. The van der Waals surface area contributed by atoms with Crippen LogP contribution in [0.1, 0.15) is 11.1 Å². The maximum absolute atomic E-state index is 12.0. The number of nitrogens with zero attached hydrogens (tertiary/aromatic N) is 1. The standard InChI is InChI=1S/C17H12BrNO4/c1-22-15-8-10(5-6-14(15)20)7-13-17(21)23-16(19-13)11-3-2-4-12(18)9-11/h2-9,20H,1H3/b13-7-. The number of methoxy groups -OCH3 is 1. The summed E-state index contributed by atoms with van der Waals surface area (Å²) < 4.78 is 11.1. The normalized spacial score (nSPS) is 15.5. The maximum atomic E-state index is 12.0. The molecule has 5 nitrogen and oxygen atoms in total. The molecule has 0 amide bonds. The highest BCUT2D eigenvalue weighted by molar-refractivity contribution is 9.10. The van der Waals surface area contributed by atoms with Gasteiger partial charge in [-0.1, -0.05) is 28.1 Å². The van der Waals surface area contributed by atoms with E-state index in [1.165, 1.54) is 13.2 Å². The number of carbonyl (C=O) groups is 1. The molecule has 23 heavy (non-hydrogen) atoms. The molecule has 0 spiro atoms. The van der Waals surface area contributed by atoms with E-state index in [-0.39, 0.29) is 17.3 Å². The minimum absolute atomic E-state index is 0.0296. The first kappa shape index (κ1) is 15.3. The molecule has 0 saturated heterocycles. The van der Waals surface area contributed by atoms with Crippen molar-refractivity contribution in [3.05, 3.63) is 63.8 Å². The van der Waals surface area contributed by atoms with Crippen LogP contribution in [0.4, 0.5) is 0 Å². The highest BCUT2D eigenvalue weighted by Crippen LogP contribution is 2.28. The number of aliphatic imine (C=N–C) groups is 1. The number of carbonyl (C=O) groups excluding carboxylic acids is 1. The number of hydrogen-bond donors (Lipinski definition) is 1. The van der Waals surface area contributed by atoms with Crippen LogP contribution in [-0.4, -0.2) is 24.1 Å². The molecule has 6 heteroatoms. The quantitative estimate of drug-likeness (QED) is 0.660. The zero-order chi connectivity index (χ0) is 16.4. The van der Waals surface area contributed by atoms with Crippen molar-refractivity contribution < 1.29 is 19.4 Å². The number of cyclic esters (lactones) is 1. The summed E-state index contributed by atoms with van der Waals surface area (Å²) >= 11 is 3.37. The highest BCUT2D eigenvalue weighted by Gasteiger charge is 2.24. The number of rotatable bonds is 3. The summed E-state index contributed by atoms with van der Waals surface area (Å²) in [5.74, 6) is 0.0872. The van der Waals surface area contributed by atoms with Crippen LogP contribution in [-0.2, 0) is 9.53 Å². The Morgan fingerprint density at radius 2 is 2.09 bits per heavy atom. The molecular formula is C17H12BrNO4. The van der Waals surface area contributed by atoms with Crippen molar-refractivity contribution in [2.45, 2.75) is 0 Å². The fourth-order valence-electron chi connectivity index (χ4n) is 2.10. The molecule has 1 heterocycles. The van der Waals surface area contributed by atoms with Gasteiger partial charge >= 0.3 is 5.97 Å². The predicted octanol–water partition coefficient (Wildman–Crippen LogP) is 3.51. The molecule has 0 bridgehead atoms. The average molecular weight is 374 g/mol. The molecule has 0 radical (unpaired) electrons. The maximum Gasteiger partial charge on any atom is 0.363 e. The van der Waals surface area contributed by atoms with Gasteiger partial charge in [-0.2, -0.15) is 0 Å². The smallest absolute Gasteiger partial charge is 0.363 e. The second-order valence-corrected chi connectivity index (χ2v) is 5.69. The second kappa shape index (κ2) is 6.26. The molecule has 2 aromatic carbocycles. The van der Waals surface area contributed by atoms with Gasteiger partial charge in [0, 0.05) is 10.0 Å². The van der Waals surface area contributed by atoms with E-state index in [2.05, 4.69) is 20.9 Å². The lowest BCUT2D eigenvalue weighted by Gasteiger charge is -2.03. The summed E-state index contributed by atoms with van der Waals surface area (Å²) in [5.41, 5.74) is 1.57. The zero-order valence-electron chi connectivity index (χ0n) is 12.1.